The first kappa shape index (κ1) is 14.8. The normalized spacial score (nSPS) is 25.3. The van der Waals surface area contributed by atoms with Gasteiger partial charge in [-0.2, -0.15) is 0 Å². The molecule has 0 amide bonds. The van der Waals surface area contributed by atoms with Gasteiger partial charge in [-0.3, -0.25) is 0 Å². The van der Waals surface area contributed by atoms with Gasteiger partial charge in [0, 0.05) is 22.1 Å². The molecule has 106 valence electrons. The van der Waals surface area contributed by atoms with Crippen molar-refractivity contribution in [1.29, 1.82) is 0 Å². The topological polar surface area (TPSA) is 74.6 Å². The Morgan fingerprint density at radius 3 is 2.42 bits per heavy atom. The fourth-order valence-corrected chi connectivity index (χ4v) is 5.16. The molecule has 0 spiro atoms. The number of hydrogen-bond donors (Lipinski definition) is 2. The molecule has 19 heavy (non-hydrogen) atoms. The van der Waals surface area contributed by atoms with Gasteiger partial charge in [-0.05, 0) is 17.7 Å². The summed E-state index contributed by atoms with van der Waals surface area (Å²) >= 11 is 5.92. The quantitative estimate of drug-likeness (QED) is 0.857. The van der Waals surface area contributed by atoms with Crippen molar-refractivity contribution < 1.29 is 18.6 Å². The highest BCUT2D eigenvalue weighted by Crippen LogP contribution is 2.62. The summed E-state index contributed by atoms with van der Waals surface area (Å²) in [4.78, 5) is 0. The Kier molecular flexibility index (Phi) is 3.93. The van der Waals surface area contributed by atoms with Crippen molar-refractivity contribution in [3.8, 4) is 0 Å². The Bertz CT molecular complexity index is 566. The van der Waals surface area contributed by atoms with Gasteiger partial charge in [-0.25, -0.2) is 8.42 Å². The molecule has 0 aliphatic heterocycles. The van der Waals surface area contributed by atoms with Crippen molar-refractivity contribution in [2.75, 3.05) is 19.0 Å². The number of benzene rings is 1. The summed E-state index contributed by atoms with van der Waals surface area (Å²) in [7, 11) is -3.33. The van der Waals surface area contributed by atoms with Gasteiger partial charge in [-0.1, -0.05) is 30.7 Å². The van der Waals surface area contributed by atoms with Gasteiger partial charge in [0.15, 0.2) is 9.84 Å². The Labute approximate surface area is 117 Å². The third-order valence-corrected chi connectivity index (χ3v) is 6.52. The zero-order chi connectivity index (χ0) is 14.3. The van der Waals surface area contributed by atoms with Crippen molar-refractivity contribution in [2.24, 2.45) is 5.41 Å². The van der Waals surface area contributed by atoms with E-state index in [0.29, 0.717) is 5.02 Å². The Morgan fingerprint density at radius 2 is 1.95 bits per heavy atom. The molecule has 2 N–H and O–H groups in total. The molecule has 0 heterocycles. The van der Waals surface area contributed by atoms with Crippen LogP contribution in [0.25, 0.3) is 0 Å². The van der Waals surface area contributed by atoms with Gasteiger partial charge in [0.1, 0.15) is 0 Å². The summed E-state index contributed by atoms with van der Waals surface area (Å²) in [5.74, 6) is -0.401. The van der Waals surface area contributed by atoms with E-state index in [-0.39, 0.29) is 19.0 Å². The van der Waals surface area contributed by atoms with E-state index in [4.69, 9.17) is 11.6 Å². The number of aliphatic hydroxyl groups excluding tert-OH is 2. The van der Waals surface area contributed by atoms with E-state index in [1.165, 1.54) is 0 Å². The van der Waals surface area contributed by atoms with Crippen LogP contribution >= 0.6 is 11.6 Å². The molecular formula is C13H17ClO4S. The molecule has 6 heteroatoms. The zero-order valence-corrected chi connectivity index (χ0v) is 12.2. The number of hydrogen-bond acceptors (Lipinski definition) is 4. The van der Waals surface area contributed by atoms with E-state index in [1.807, 2.05) is 0 Å². The molecular weight excluding hydrogens is 288 g/mol. The summed E-state index contributed by atoms with van der Waals surface area (Å²) < 4.78 is 24.2. The average molecular weight is 305 g/mol. The van der Waals surface area contributed by atoms with Crippen molar-refractivity contribution in [3.63, 3.8) is 0 Å². The minimum absolute atomic E-state index is 0.00349. The first-order chi connectivity index (χ1) is 8.93. The van der Waals surface area contributed by atoms with Crippen LogP contribution in [-0.2, 0) is 9.84 Å². The lowest BCUT2D eigenvalue weighted by molar-refractivity contribution is 0.130. The SMILES string of the molecule is CCS(=O)(=O)C1C(c2cccc(Cl)c2)C1(CO)CO. The summed E-state index contributed by atoms with van der Waals surface area (Å²) in [6.07, 6.45) is 0. The summed E-state index contributed by atoms with van der Waals surface area (Å²) in [6.45, 7) is 0.858. The number of aliphatic hydroxyl groups is 2. The van der Waals surface area contributed by atoms with E-state index in [9.17, 15) is 18.6 Å². The summed E-state index contributed by atoms with van der Waals surface area (Å²) in [6, 6.07) is 6.92. The Hall–Kier alpha value is -0.620. The van der Waals surface area contributed by atoms with Crippen LogP contribution in [0.1, 0.15) is 18.4 Å². The van der Waals surface area contributed by atoms with Crippen LogP contribution in [0, 0.1) is 5.41 Å². The lowest BCUT2D eigenvalue weighted by Crippen LogP contribution is -2.23. The molecule has 1 aromatic carbocycles. The van der Waals surface area contributed by atoms with Gasteiger partial charge in [-0.15, -0.1) is 0 Å². The van der Waals surface area contributed by atoms with Crippen molar-refractivity contribution in [2.45, 2.75) is 18.1 Å². The van der Waals surface area contributed by atoms with Crippen LogP contribution in [0.3, 0.4) is 0 Å². The second-order valence-electron chi connectivity index (χ2n) is 4.95. The van der Waals surface area contributed by atoms with Gasteiger partial charge in [0.25, 0.3) is 0 Å². The maximum absolute atomic E-state index is 12.1. The van der Waals surface area contributed by atoms with Crippen LogP contribution < -0.4 is 0 Å². The van der Waals surface area contributed by atoms with Gasteiger partial charge in [0.05, 0.1) is 18.5 Å². The van der Waals surface area contributed by atoms with Crippen LogP contribution in [0.15, 0.2) is 24.3 Å². The fraction of sp³-hybridized carbons (Fsp3) is 0.538. The molecule has 1 saturated carbocycles. The Balaban J connectivity index is 2.45. The van der Waals surface area contributed by atoms with Gasteiger partial charge in [0.2, 0.25) is 0 Å². The van der Waals surface area contributed by atoms with Crippen LogP contribution in [0.5, 0.6) is 0 Å². The first-order valence-corrected chi connectivity index (χ1v) is 8.21. The fourth-order valence-electron chi connectivity index (χ4n) is 2.83. The highest BCUT2D eigenvalue weighted by atomic mass is 35.5. The van der Waals surface area contributed by atoms with Crippen molar-refractivity contribution in [1.82, 2.24) is 0 Å². The third kappa shape index (κ3) is 2.29. The summed E-state index contributed by atoms with van der Waals surface area (Å²) in [5.41, 5.74) is -0.239. The van der Waals surface area contributed by atoms with Crippen molar-refractivity contribution in [3.05, 3.63) is 34.9 Å². The van der Waals surface area contributed by atoms with Crippen LogP contribution in [-0.4, -0.2) is 42.8 Å². The van der Waals surface area contributed by atoms with E-state index in [0.717, 1.165) is 5.56 Å². The van der Waals surface area contributed by atoms with Gasteiger partial charge >= 0.3 is 0 Å². The Morgan fingerprint density at radius 1 is 1.32 bits per heavy atom. The highest BCUT2D eigenvalue weighted by Gasteiger charge is 2.69. The van der Waals surface area contributed by atoms with Crippen molar-refractivity contribution >= 4 is 21.4 Å². The predicted octanol–water partition coefficient (Wildman–Crippen LogP) is 1.21. The average Bonchev–Trinajstić information content (AvgIpc) is 3.09. The third-order valence-electron chi connectivity index (χ3n) is 3.97. The van der Waals surface area contributed by atoms with E-state index < -0.39 is 26.4 Å². The molecule has 0 radical (unpaired) electrons. The lowest BCUT2D eigenvalue weighted by Gasteiger charge is -2.10. The molecule has 1 fully saturated rings. The minimum atomic E-state index is -3.33. The van der Waals surface area contributed by atoms with E-state index >= 15 is 0 Å². The molecule has 1 aromatic rings. The first-order valence-electron chi connectivity index (χ1n) is 6.11. The molecule has 1 aliphatic carbocycles. The predicted molar refractivity (Wildman–Crippen MR) is 74.0 cm³/mol. The largest absolute Gasteiger partial charge is 0.396 e. The lowest BCUT2D eigenvalue weighted by atomic mass is 10.0. The molecule has 4 nitrogen and oxygen atoms in total. The maximum Gasteiger partial charge on any atom is 0.154 e. The second-order valence-corrected chi connectivity index (χ2v) is 7.80. The number of rotatable bonds is 5. The maximum atomic E-state index is 12.1. The second kappa shape index (κ2) is 5.05. The smallest absolute Gasteiger partial charge is 0.154 e. The molecule has 1 aliphatic rings. The number of halogens is 1. The monoisotopic (exact) mass is 304 g/mol. The standard InChI is InChI=1S/C13H17ClO4S/c1-2-19(17,18)12-11(13(12,7-15)8-16)9-4-3-5-10(14)6-9/h3-6,11-12,15-16H,2,7-8H2,1H3. The van der Waals surface area contributed by atoms with E-state index in [2.05, 4.69) is 0 Å². The highest BCUT2D eigenvalue weighted by molar-refractivity contribution is 7.92. The molecule has 0 aromatic heterocycles. The molecule has 0 bridgehead atoms. The molecule has 0 saturated heterocycles. The molecule has 2 atom stereocenters. The van der Waals surface area contributed by atoms with Gasteiger partial charge < -0.3 is 10.2 Å². The minimum Gasteiger partial charge on any atom is -0.396 e. The van der Waals surface area contributed by atoms with Crippen LogP contribution in [0.4, 0.5) is 0 Å². The van der Waals surface area contributed by atoms with E-state index in [1.54, 1.807) is 31.2 Å². The molecule has 2 rings (SSSR count). The van der Waals surface area contributed by atoms with Crippen LogP contribution in [0.2, 0.25) is 5.02 Å². The zero-order valence-electron chi connectivity index (χ0n) is 10.6. The number of sulfone groups is 1. The summed E-state index contributed by atoms with van der Waals surface area (Å²) in [5, 5.41) is 18.8. The molecule has 2 unspecified atom stereocenters.